The second kappa shape index (κ2) is 10.4. The minimum Gasteiger partial charge on any atom is -0.368 e. The number of ether oxygens (including phenoxy) is 1. The second-order valence-corrected chi connectivity index (χ2v) is 8.38. The predicted molar refractivity (Wildman–Crippen MR) is 124 cm³/mol. The van der Waals surface area contributed by atoms with Gasteiger partial charge in [0.25, 0.3) is 5.91 Å². The molecule has 6 heteroatoms. The molecule has 6 nitrogen and oxygen atoms in total. The van der Waals surface area contributed by atoms with Crippen molar-refractivity contribution in [3.05, 3.63) is 65.7 Å². The molecular weight excluding hydrogens is 388 g/mol. The van der Waals surface area contributed by atoms with Crippen LogP contribution in [0.3, 0.4) is 0 Å². The molecule has 2 fully saturated rings. The summed E-state index contributed by atoms with van der Waals surface area (Å²) in [5.41, 5.74) is 3.31. The van der Waals surface area contributed by atoms with Gasteiger partial charge < -0.3 is 20.3 Å². The Bertz CT molecular complexity index is 893. The highest BCUT2D eigenvalue weighted by Gasteiger charge is 2.25. The lowest BCUT2D eigenvalue weighted by Gasteiger charge is -2.22. The summed E-state index contributed by atoms with van der Waals surface area (Å²) in [6.45, 7) is 3.38. The van der Waals surface area contributed by atoms with E-state index in [9.17, 15) is 4.79 Å². The molecule has 2 N–H and O–H groups in total. The van der Waals surface area contributed by atoms with Crippen molar-refractivity contribution in [2.45, 2.75) is 38.3 Å². The number of aliphatic imine (C=N–C) groups is 1. The van der Waals surface area contributed by atoms with E-state index in [0.717, 1.165) is 49.6 Å². The summed E-state index contributed by atoms with van der Waals surface area (Å²) in [6.07, 6.45) is 3.72. The van der Waals surface area contributed by atoms with Crippen molar-refractivity contribution in [2.24, 2.45) is 10.9 Å². The van der Waals surface area contributed by atoms with Crippen LogP contribution in [0.25, 0.3) is 0 Å². The molecule has 4 rings (SSSR count). The smallest absolute Gasteiger partial charge is 0.253 e. The zero-order chi connectivity index (χ0) is 21.5. The maximum atomic E-state index is 12.3. The summed E-state index contributed by atoms with van der Waals surface area (Å²) in [7, 11) is 1.84. The van der Waals surface area contributed by atoms with Crippen molar-refractivity contribution in [1.29, 1.82) is 0 Å². The molecule has 2 aliphatic heterocycles. The minimum absolute atomic E-state index is 0.0556. The molecule has 0 spiro atoms. The number of hydrogen-bond donors (Lipinski definition) is 2. The first-order chi connectivity index (χ1) is 15.2. The maximum Gasteiger partial charge on any atom is 0.253 e. The number of rotatable bonds is 6. The van der Waals surface area contributed by atoms with Gasteiger partial charge in [-0.15, -0.1) is 0 Å². The molecule has 0 radical (unpaired) electrons. The summed E-state index contributed by atoms with van der Waals surface area (Å²) in [6, 6.07) is 18.7. The molecular formula is C25H32N4O2. The second-order valence-electron chi connectivity index (χ2n) is 8.38. The van der Waals surface area contributed by atoms with Gasteiger partial charge in [0.05, 0.1) is 0 Å². The quantitative estimate of drug-likeness (QED) is 0.555. The molecule has 2 aromatic carbocycles. The van der Waals surface area contributed by atoms with E-state index in [0.29, 0.717) is 19.1 Å². The van der Waals surface area contributed by atoms with Crippen LogP contribution in [0, 0.1) is 5.92 Å². The third-order valence-electron chi connectivity index (χ3n) is 6.03. The number of carbonyl (C=O) groups excluding carboxylic acids is 1. The third kappa shape index (κ3) is 5.85. The van der Waals surface area contributed by atoms with Gasteiger partial charge in [0, 0.05) is 39.0 Å². The lowest BCUT2D eigenvalue weighted by Crippen LogP contribution is -2.39. The zero-order valence-corrected chi connectivity index (χ0v) is 18.2. The predicted octanol–water partition coefficient (Wildman–Crippen LogP) is 3.44. The number of nitrogens with one attached hydrogen (secondary N) is 2. The molecule has 2 saturated heterocycles. The fraction of sp³-hybridized carbons (Fsp3) is 0.440. The molecule has 0 aliphatic carbocycles. The average molecular weight is 421 g/mol. The Balaban J connectivity index is 1.28. The normalized spacial score (nSPS) is 21.3. The van der Waals surface area contributed by atoms with Gasteiger partial charge in [0.1, 0.15) is 6.10 Å². The van der Waals surface area contributed by atoms with Gasteiger partial charge in [-0.1, -0.05) is 42.5 Å². The summed E-state index contributed by atoms with van der Waals surface area (Å²) in [5.74, 6) is 1.53. The summed E-state index contributed by atoms with van der Waals surface area (Å²) in [5, 5.41) is 6.46. The van der Waals surface area contributed by atoms with E-state index in [-0.39, 0.29) is 12.0 Å². The highest BCUT2D eigenvalue weighted by Crippen LogP contribution is 2.21. The number of benzene rings is 2. The molecule has 2 heterocycles. The molecule has 0 bridgehead atoms. The first-order valence-electron chi connectivity index (χ1n) is 11.2. The summed E-state index contributed by atoms with van der Waals surface area (Å²) in [4.78, 5) is 19.1. The van der Waals surface area contributed by atoms with Crippen LogP contribution in [-0.2, 0) is 22.5 Å². The van der Waals surface area contributed by atoms with Gasteiger partial charge in [-0.25, -0.2) is 0 Å². The van der Waals surface area contributed by atoms with E-state index >= 15 is 0 Å². The molecule has 164 valence electrons. The lowest BCUT2D eigenvalue weighted by atomic mass is 9.99. The summed E-state index contributed by atoms with van der Waals surface area (Å²) < 4.78 is 5.47. The molecule has 31 heavy (non-hydrogen) atoms. The SMILES string of the molecule is CN=C(NCc1cccc(NC(=O)C2CCCO2)c1)N1CCC(Cc2ccccc2)C1. The van der Waals surface area contributed by atoms with Crippen LogP contribution in [0.15, 0.2) is 59.6 Å². The van der Waals surface area contributed by atoms with E-state index in [4.69, 9.17) is 4.74 Å². The van der Waals surface area contributed by atoms with E-state index in [1.54, 1.807) is 0 Å². The first kappa shape index (κ1) is 21.4. The van der Waals surface area contributed by atoms with Gasteiger partial charge >= 0.3 is 0 Å². The van der Waals surface area contributed by atoms with E-state index in [1.165, 1.54) is 12.0 Å². The Morgan fingerprint density at radius 2 is 1.97 bits per heavy atom. The maximum absolute atomic E-state index is 12.3. The van der Waals surface area contributed by atoms with Gasteiger partial charge in [-0.3, -0.25) is 9.79 Å². The third-order valence-corrected chi connectivity index (χ3v) is 6.03. The number of amides is 1. The number of carbonyl (C=O) groups is 1. The molecule has 2 unspecified atom stereocenters. The van der Waals surface area contributed by atoms with Crippen molar-refractivity contribution >= 4 is 17.6 Å². The van der Waals surface area contributed by atoms with E-state index < -0.39 is 0 Å². The molecule has 2 atom stereocenters. The van der Waals surface area contributed by atoms with Crippen LogP contribution in [0.2, 0.25) is 0 Å². The topological polar surface area (TPSA) is 66.0 Å². The Kier molecular flexibility index (Phi) is 7.20. The minimum atomic E-state index is -0.320. The molecule has 2 aromatic rings. The van der Waals surface area contributed by atoms with E-state index in [2.05, 4.69) is 56.9 Å². The molecule has 0 saturated carbocycles. The number of guanidine groups is 1. The Morgan fingerprint density at radius 1 is 1.13 bits per heavy atom. The van der Waals surface area contributed by atoms with Gasteiger partial charge in [-0.05, 0) is 54.9 Å². The molecule has 1 amide bonds. The van der Waals surface area contributed by atoms with Crippen molar-refractivity contribution in [1.82, 2.24) is 10.2 Å². The van der Waals surface area contributed by atoms with E-state index in [1.807, 2.05) is 25.2 Å². The van der Waals surface area contributed by atoms with Crippen LogP contribution in [0.1, 0.15) is 30.4 Å². The largest absolute Gasteiger partial charge is 0.368 e. The number of nitrogens with zero attached hydrogens (tertiary/aromatic N) is 2. The van der Waals surface area contributed by atoms with Gasteiger partial charge in [0.15, 0.2) is 5.96 Å². The Hall–Kier alpha value is -2.86. The fourth-order valence-electron chi connectivity index (χ4n) is 4.42. The number of anilines is 1. The summed E-state index contributed by atoms with van der Waals surface area (Å²) >= 11 is 0. The Labute approximate surface area is 184 Å². The van der Waals surface area contributed by atoms with Crippen molar-refractivity contribution in [3.8, 4) is 0 Å². The first-order valence-corrected chi connectivity index (χ1v) is 11.2. The van der Waals surface area contributed by atoms with Crippen molar-refractivity contribution in [2.75, 3.05) is 32.1 Å². The monoisotopic (exact) mass is 420 g/mol. The van der Waals surface area contributed by atoms with Crippen molar-refractivity contribution < 1.29 is 9.53 Å². The Morgan fingerprint density at radius 3 is 2.74 bits per heavy atom. The van der Waals surface area contributed by atoms with Crippen LogP contribution in [0.4, 0.5) is 5.69 Å². The average Bonchev–Trinajstić information content (AvgIpc) is 3.48. The van der Waals surface area contributed by atoms with Crippen LogP contribution in [0.5, 0.6) is 0 Å². The lowest BCUT2D eigenvalue weighted by molar-refractivity contribution is -0.124. The standard InChI is InChI=1S/C25H32N4O2/c1-26-25(29-13-12-21(18-29)15-19-7-3-2-4-8-19)27-17-20-9-5-10-22(16-20)28-24(30)23-11-6-14-31-23/h2-5,7-10,16,21,23H,6,11-15,17-18H2,1H3,(H,26,27)(H,28,30). The fourth-order valence-corrected chi connectivity index (χ4v) is 4.42. The highest BCUT2D eigenvalue weighted by molar-refractivity contribution is 5.94. The highest BCUT2D eigenvalue weighted by atomic mass is 16.5. The van der Waals surface area contributed by atoms with Crippen LogP contribution >= 0.6 is 0 Å². The zero-order valence-electron chi connectivity index (χ0n) is 18.2. The molecule has 0 aromatic heterocycles. The van der Waals surface area contributed by atoms with Crippen molar-refractivity contribution in [3.63, 3.8) is 0 Å². The van der Waals surface area contributed by atoms with Crippen LogP contribution in [-0.4, -0.2) is 49.6 Å². The van der Waals surface area contributed by atoms with Gasteiger partial charge in [-0.2, -0.15) is 0 Å². The number of likely N-dealkylation sites (tertiary alicyclic amines) is 1. The van der Waals surface area contributed by atoms with Crippen LogP contribution < -0.4 is 10.6 Å². The molecule has 2 aliphatic rings. The van der Waals surface area contributed by atoms with Gasteiger partial charge in [0.2, 0.25) is 0 Å². The number of hydrogen-bond acceptors (Lipinski definition) is 3.